The molecule has 1 amide bonds. The molecule has 6 nitrogen and oxygen atoms in total. The number of hydrogen-bond donors (Lipinski definition) is 1. The smallest absolute Gasteiger partial charge is 0.273 e. The number of nitrogens with zero attached hydrogens (tertiary/aromatic N) is 3. The Morgan fingerprint density at radius 2 is 2.11 bits per heavy atom. The van der Waals surface area contributed by atoms with E-state index in [9.17, 15) is 9.59 Å². The average Bonchev–Trinajstić information content (AvgIpc) is 3.03. The van der Waals surface area contributed by atoms with Gasteiger partial charge < -0.3 is 5.32 Å². The second-order valence-corrected chi connectivity index (χ2v) is 7.56. The lowest BCUT2D eigenvalue weighted by Gasteiger charge is -2.19. The Balaban J connectivity index is 1.64. The fraction of sp³-hybridized carbons (Fsp3) is 0.409. The third kappa shape index (κ3) is 3.35. The van der Waals surface area contributed by atoms with E-state index in [1.54, 1.807) is 0 Å². The molecule has 4 rings (SSSR count). The van der Waals surface area contributed by atoms with Gasteiger partial charge in [-0.3, -0.25) is 14.3 Å². The number of allylic oxidation sites excluding steroid dienone is 1. The molecule has 1 unspecified atom stereocenters. The lowest BCUT2D eigenvalue weighted by molar-refractivity contribution is -0.124. The molecule has 1 atom stereocenters. The SMILES string of the molecule is Cc1cc(=O)nc2c3ccccc3n(C(C)C(=O)NCCC3=CCCCC3)n12. The molecule has 28 heavy (non-hydrogen) atoms. The van der Waals surface area contributed by atoms with Crippen LogP contribution in [0, 0.1) is 6.92 Å². The van der Waals surface area contributed by atoms with Gasteiger partial charge in [0.1, 0.15) is 6.04 Å². The van der Waals surface area contributed by atoms with Gasteiger partial charge >= 0.3 is 0 Å². The minimum atomic E-state index is -0.425. The van der Waals surface area contributed by atoms with Crippen molar-refractivity contribution in [2.24, 2.45) is 0 Å². The summed E-state index contributed by atoms with van der Waals surface area (Å²) in [6.07, 6.45) is 8.07. The Hall–Kier alpha value is -2.89. The van der Waals surface area contributed by atoms with Crippen LogP contribution in [-0.4, -0.2) is 26.6 Å². The molecule has 0 spiro atoms. The third-order valence-electron chi connectivity index (χ3n) is 5.57. The van der Waals surface area contributed by atoms with Gasteiger partial charge in [-0.1, -0.05) is 23.8 Å². The van der Waals surface area contributed by atoms with E-state index in [4.69, 9.17) is 0 Å². The Labute approximate surface area is 163 Å². The number of aromatic nitrogens is 3. The molecule has 2 heterocycles. The molecular weight excluding hydrogens is 352 g/mol. The van der Waals surface area contributed by atoms with Crippen LogP contribution in [0.4, 0.5) is 0 Å². The van der Waals surface area contributed by atoms with E-state index in [2.05, 4.69) is 16.4 Å². The van der Waals surface area contributed by atoms with E-state index in [0.717, 1.165) is 35.9 Å². The summed E-state index contributed by atoms with van der Waals surface area (Å²) in [4.78, 5) is 29.0. The maximum absolute atomic E-state index is 12.9. The van der Waals surface area contributed by atoms with Crippen molar-refractivity contribution in [2.75, 3.05) is 6.54 Å². The third-order valence-corrected chi connectivity index (χ3v) is 5.57. The van der Waals surface area contributed by atoms with E-state index in [1.165, 1.54) is 24.5 Å². The van der Waals surface area contributed by atoms with Crippen molar-refractivity contribution < 1.29 is 4.79 Å². The number of carbonyl (C=O) groups excluding carboxylic acids is 1. The van der Waals surface area contributed by atoms with Crippen LogP contribution in [0.5, 0.6) is 0 Å². The molecule has 2 aromatic heterocycles. The maximum atomic E-state index is 12.9. The largest absolute Gasteiger partial charge is 0.354 e. The van der Waals surface area contributed by atoms with Crippen LogP contribution in [0.1, 0.15) is 50.8 Å². The Morgan fingerprint density at radius 1 is 1.29 bits per heavy atom. The zero-order valence-corrected chi connectivity index (χ0v) is 16.4. The van der Waals surface area contributed by atoms with Gasteiger partial charge in [0.05, 0.1) is 5.52 Å². The highest BCUT2D eigenvalue weighted by molar-refractivity contribution is 5.94. The second-order valence-electron chi connectivity index (χ2n) is 7.56. The molecule has 6 heteroatoms. The highest BCUT2D eigenvalue weighted by Gasteiger charge is 2.22. The van der Waals surface area contributed by atoms with Gasteiger partial charge in [0.2, 0.25) is 5.91 Å². The van der Waals surface area contributed by atoms with Gasteiger partial charge in [-0.2, -0.15) is 4.98 Å². The standard InChI is InChI=1S/C22H26N4O2/c1-15-14-20(27)24-21-18-10-6-7-11-19(18)26(25(15)21)16(2)22(28)23-13-12-17-8-4-3-5-9-17/h6-8,10-11,14,16H,3-5,9,12-13H2,1-2H3,(H,23,28). The van der Waals surface area contributed by atoms with E-state index >= 15 is 0 Å². The predicted octanol–water partition coefficient (Wildman–Crippen LogP) is 3.53. The number of fused-ring (bicyclic) bond motifs is 3. The molecule has 0 aliphatic heterocycles. The van der Waals surface area contributed by atoms with Crippen molar-refractivity contribution in [2.45, 2.75) is 52.0 Å². The van der Waals surface area contributed by atoms with Crippen molar-refractivity contribution in [1.82, 2.24) is 19.5 Å². The van der Waals surface area contributed by atoms with E-state index < -0.39 is 6.04 Å². The quantitative estimate of drug-likeness (QED) is 0.691. The van der Waals surface area contributed by atoms with Gasteiger partial charge in [-0.15, -0.1) is 0 Å². The molecule has 1 aromatic carbocycles. The molecule has 0 radical (unpaired) electrons. The normalized spacial score (nSPS) is 15.6. The first-order chi connectivity index (χ1) is 13.6. The van der Waals surface area contributed by atoms with Gasteiger partial charge in [0.15, 0.2) is 5.65 Å². The van der Waals surface area contributed by atoms with E-state index in [0.29, 0.717) is 12.2 Å². The fourth-order valence-electron chi connectivity index (χ4n) is 4.13. The molecule has 0 fully saturated rings. The van der Waals surface area contributed by atoms with Crippen LogP contribution in [-0.2, 0) is 4.79 Å². The van der Waals surface area contributed by atoms with Crippen LogP contribution < -0.4 is 10.9 Å². The lowest BCUT2D eigenvalue weighted by Crippen LogP contribution is -2.33. The molecule has 0 saturated heterocycles. The van der Waals surface area contributed by atoms with E-state index in [1.807, 2.05) is 47.3 Å². The predicted molar refractivity (Wildman–Crippen MR) is 111 cm³/mol. The number of rotatable bonds is 5. The number of para-hydroxylation sites is 1. The summed E-state index contributed by atoms with van der Waals surface area (Å²) in [5.74, 6) is -0.0304. The minimum absolute atomic E-state index is 0.0304. The van der Waals surface area contributed by atoms with Crippen molar-refractivity contribution in [3.8, 4) is 0 Å². The molecule has 1 aliphatic carbocycles. The fourth-order valence-corrected chi connectivity index (χ4v) is 4.13. The maximum Gasteiger partial charge on any atom is 0.273 e. The summed E-state index contributed by atoms with van der Waals surface area (Å²) >= 11 is 0. The van der Waals surface area contributed by atoms with Crippen LogP contribution in [0.3, 0.4) is 0 Å². The Bertz CT molecular complexity index is 1120. The average molecular weight is 378 g/mol. The van der Waals surface area contributed by atoms with Crippen LogP contribution in [0.15, 0.2) is 46.8 Å². The second kappa shape index (κ2) is 7.62. The molecular formula is C22H26N4O2. The first-order valence-corrected chi connectivity index (χ1v) is 10.0. The van der Waals surface area contributed by atoms with Crippen molar-refractivity contribution in [3.63, 3.8) is 0 Å². The first-order valence-electron chi connectivity index (χ1n) is 10.0. The van der Waals surface area contributed by atoms with Crippen LogP contribution in [0.2, 0.25) is 0 Å². The first kappa shape index (κ1) is 18.5. The van der Waals surface area contributed by atoms with Crippen LogP contribution >= 0.6 is 0 Å². The topological polar surface area (TPSA) is 68.4 Å². The summed E-state index contributed by atoms with van der Waals surface area (Å²) in [5.41, 5.74) is 3.43. The summed E-state index contributed by atoms with van der Waals surface area (Å²) in [6.45, 7) is 4.41. The molecule has 1 N–H and O–H groups in total. The molecule has 1 aliphatic rings. The number of aryl methyl sites for hydroxylation is 1. The zero-order valence-electron chi connectivity index (χ0n) is 16.4. The zero-order chi connectivity index (χ0) is 19.7. The molecule has 0 saturated carbocycles. The molecule has 3 aromatic rings. The highest BCUT2D eigenvalue weighted by Crippen LogP contribution is 2.25. The lowest BCUT2D eigenvalue weighted by atomic mass is 9.97. The monoisotopic (exact) mass is 378 g/mol. The summed E-state index contributed by atoms with van der Waals surface area (Å²) < 4.78 is 3.81. The van der Waals surface area contributed by atoms with Crippen molar-refractivity contribution >= 4 is 22.5 Å². The van der Waals surface area contributed by atoms with Crippen molar-refractivity contribution in [3.05, 3.63) is 58.0 Å². The van der Waals surface area contributed by atoms with Crippen LogP contribution in [0.25, 0.3) is 16.6 Å². The Kier molecular flexibility index (Phi) is 5.03. The van der Waals surface area contributed by atoms with E-state index in [-0.39, 0.29) is 11.5 Å². The summed E-state index contributed by atoms with van der Waals surface area (Å²) in [6, 6.07) is 8.83. The highest BCUT2D eigenvalue weighted by atomic mass is 16.2. The van der Waals surface area contributed by atoms with Crippen molar-refractivity contribution in [1.29, 1.82) is 0 Å². The van der Waals surface area contributed by atoms with Gasteiger partial charge in [0.25, 0.3) is 5.56 Å². The number of hydrogen-bond acceptors (Lipinski definition) is 3. The molecule has 146 valence electrons. The number of carbonyl (C=O) groups is 1. The number of amides is 1. The van der Waals surface area contributed by atoms with Gasteiger partial charge in [0, 0.05) is 23.7 Å². The summed E-state index contributed by atoms with van der Waals surface area (Å²) in [7, 11) is 0. The molecule has 0 bridgehead atoms. The number of nitrogens with one attached hydrogen (secondary N) is 1. The summed E-state index contributed by atoms with van der Waals surface area (Å²) in [5, 5.41) is 3.95. The van der Waals surface area contributed by atoms with Gasteiger partial charge in [-0.05, 0) is 58.1 Å². The Morgan fingerprint density at radius 3 is 2.89 bits per heavy atom. The number of benzene rings is 1. The minimum Gasteiger partial charge on any atom is -0.354 e. The van der Waals surface area contributed by atoms with Gasteiger partial charge in [-0.25, -0.2) is 4.52 Å².